The minimum atomic E-state index is 0. The van der Waals surface area contributed by atoms with Crippen LogP contribution in [0.25, 0.3) is 0 Å². The summed E-state index contributed by atoms with van der Waals surface area (Å²) in [6.07, 6.45) is 11.1. The lowest BCUT2D eigenvalue weighted by molar-refractivity contribution is 0.823. The molecule has 0 unspecified atom stereocenters. The molecule has 6 aromatic rings. The molecule has 0 amide bonds. The lowest BCUT2D eigenvalue weighted by Gasteiger charge is -2.01. The highest BCUT2D eigenvalue weighted by Crippen LogP contribution is 2.19. The smallest absolute Gasteiger partial charge is 0.0794 e. The normalized spacial score (nSPS) is 8.71. The third kappa shape index (κ3) is 46.3. The molecule has 4 nitrogen and oxygen atoms in total. The van der Waals surface area contributed by atoms with Crippen molar-refractivity contribution in [1.82, 2.24) is 19.9 Å². The van der Waals surface area contributed by atoms with E-state index >= 15 is 0 Å². The number of rotatable bonds is 6. The van der Waals surface area contributed by atoms with Crippen LogP contribution in [0, 0.1) is 0 Å². The highest BCUT2D eigenvalue weighted by molar-refractivity contribution is 7.10. The van der Waals surface area contributed by atoms with Crippen LogP contribution in [-0.2, 0) is 0 Å². The summed E-state index contributed by atoms with van der Waals surface area (Å²) in [6.45, 7) is 50.1. The molecule has 0 atom stereocenters. The second-order valence-corrected chi connectivity index (χ2v) is 16.0. The SMILES string of the molecule is C.CC.CC.CC.CC.CC.CC.CC(C)c1ccccc1.CC(C)c1ccccn1.CC(C)c1cccnc1.CC(C)c1cccs1.CC(C)c1ccncc1.CC(C)c1cncs1. The average molecular weight is 934 g/mol. The van der Waals surface area contributed by atoms with Crippen LogP contribution in [0.5, 0.6) is 0 Å². The maximum absolute atomic E-state index is 4.18. The number of aromatic nitrogens is 4. The number of pyridine rings is 3. The van der Waals surface area contributed by atoms with E-state index in [9.17, 15) is 0 Å². The van der Waals surface area contributed by atoms with Crippen molar-refractivity contribution in [3.63, 3.8) is 0 Å². The van der Waals surface area contributed by atoms with E-state index < -0.39 is 0 Å². The molecule has 0 fully saturated rings. The molecule has 0 aliphatic rings. The molecule has 5 aromatic heterocycles. The molecule has 0 aliphatic heterocycles. The molecule has 372 valence electrons. The van der Waals surface area contributed by atoms with Crippen molar-refractivity contribution in [2.75, 3.05) is 0 Å². The predicted molar refractivity (Wildman–Crippen MR) is 305 cm³/mol. The molecule has 1 aromatic carbocycles. The topological polar surface area (TPSA) is 51.6 Å². The Morgan fingerprint density at radius 3 is 1.05 bits per heavy atom. The minimum Gasteiger partial charge on any atom is -0.265 e. The largest absolute Gasteiger partial charge is 0.265 e. The van der Waals surface area contributed by atoms with Gasteiger partial charge in [0.2, 0.25) is 0 Å². The van der Waals surface area contributed by atoms with Gasteiger partial charge in [-0.15, -0.1) is 22.7 Å². The average Bonchev–Trinajstić information content (AvgIpc) is 4.13. The second kappa shape index (κ2) is 58.0. The van der Waals surface area contributed by atoms with Crippen LogP contribution in [0.1, 0.15) is 241 Å². The Morgan fingerprint density at radius 2 is 0.800 bits per heavy atom. The molecule has 0 bridgehead atoms. The molecule has 0 spiro atoms. The van der Waals surface area contributed by atoms with Crippen molar-refractivity contribution >= 4 is 22.7 Å². The van der Waals surface area contributed by atoms with Crippen molar-refractivity contribution in [2.45, 2.75) is 209 Å². The molecule has 0 saturated carbocycles. The van der Waals surface area contributed by atoms with Gasteiger partial charge in [0.15, 0.2) is 0 Å². The first kappa shape index (κ1) is 75.3. The van der Waals surface area contributed by atoms with Gasteiger partial charge in [-0.05, 0) is 94.0 Å². The number of thiophene rings is 1. The van der Waals surface area contributed by atoms with E-state index in [0.29, 0.717) is 35.5 Å². The van der Waals surface area contributed by atoms with Crippen LogP contribution >= 0.6 is 22.7 Å². The Balaban J connectivity index is -0.000000118. The van der Waals surface area contributed by atoms with Crippen molar-refractivity contribution in [2.24, 2.45) is 0 Å². The van der Waals surface area contributed by atoms with Crippen LogP contribution in [0.2, 0.25) is 0 Å². The summed E-state index contributed by atoms with van der Waals surface area (Å²) >= 11 is 3.55. The van der Waals surface area contributed by atoms with Crippen LogP contribution in [-0.4, -0.2) is 19.9 Å². The summed E-state index contributed by atoms with van der Waals surface area (Å²) < 4.78 is 0. The summed E-state index contributed by atoms with van der Waals surface area (Å²) in [5, 5.41) is 2.12. The summed E-state index contributed by atoms with van der Waals surface area (Å²) in [7, 11) is 0. The zero-order valence-corrected chi connectivity index (χ0v) is 47.4. The number of hydrogen-bond acceptors (Lipinski definition) is 6. The van der Waals surface area contributed by atoms with E-state index in [1.54, 1.807) is 17.5 Å². The van der Waals surface area contributed by atoms with E-state index in [2.05, 4.69) is 151 Å². The lowest BCUT2D eigenvalue weighted by Crippen LogP contribution is -1.88. The molecular weight excluding hydrogens is 829 g/mol. The minimum absolute atomic E-state index is 0. The molecule has 6 rings (SSSR count). The summed E-state index contributed by atoms with van der Waals surface area (Å²) in [6, 6.07) is 28.9. The van der Waals surface area contributed by atoms with Crippen molar-refractivity contribution in [1.29, 1.82) is 0 Å². The highest BCUT2D eigenvalue weighted by Gasteiger charge is 1.99. The fraction of sp³-hybridized carbons (Fsp3) is 0.525. The maximum atomic E-state index is 4.18. The molecular formula is C59H104N4S2. The van der Waals surface area contributed by atoms with E-state index in [0.717, 1.165) is 5.69 Å². The Labute approximate surface area is 414 Å². The van der Waals surface area contributed by atoms with Crippen molar-refractivity contribution in [3.8, 4) is 0 Å². The molecule has 6 heteroatoms. The van der Waals surface area contributed by atoms with Crippen molar-refractivity contribution < 1.29 is 0 Å². The van der Waals surface area contributed by atoms with Crippen LogP contribution < -0.4 is 0 Å². The Kier molecular flexibility index (Phi) is 67.2. The van der Waals surface area contributed by atoms with Gasteiger partial charge in [0.25, 0.3) is 0 Å². The van der Waals surface area contributed by atoms with Gasteiger partial charge in [0.1, 0.15) is 0 Å². The second-order valence-electron chi connectivity index (χ2n) is 14.1. The van der Waals surface area contributed by atoms with Crippen molar-refractivity contribution in [3.05, 3.63) is 165 Å². The van der Waals surface area contributed by atoms with Gasteiger partial charge in [0, 0.05) is 52.6 Å². The monoisotopic (exact) mass is 933 g/mol. The molecule has 0 radical (unpaired) electrons. The van der Waals surface area contributed by atoms with Gasteiger partial charge in [-0.2, -0.15) is 0 Å². The molecule has 0 N–H and O–H groups in total. The molecule has 65 heavy (non-hydrogen) atoms. The predicted octanol–water partition coefficient (Wildman–Crippen LogP) is 21.4. The van der Waals surface area contributed by atoms with Gasteiger partial charge in [-0.25, -0.2) is 0 Å². The zero-order valence-electron chi connectivity index (χ0n) is 45.8. The van der Waals surface area contributed by atoms with Gasteiger partial charge in [-0.3, -0.25) is 19.9 Å². The number of hydrogen-bond donors (Lipinski definition) is 0. The van der Waals surface area contributed by atoms with Crippen LogP contribution in [0.4, 0.5) is 0 Å². The van der Waals surface area contributed by atoms with Crippen LogP contribution in [0.3, 0.4) is 0 Å². The quantitative estimate of drug-likeness (QED) is 0.167. The summed E-state index contributed by atoms with van der Waals surface area (Å²) in [5.74, 6) is 3.77. The lowest BCUT2D eigenvalue weighted by atomic mass is 10.0. The molecule has 0 aliphatic carbocycles. The Morgan fingerprint density at radius 1 is 0.338 bits per heavy atom. The first-order valence-electron chi connectivity index (χ1n) is 24.5. The third-order valence-corrected chi connectivity index (χ3v) is 9.85. The van der Waals surface area contributed by atoms with E-state index in [1.165, 1.54) is 26.4 Å². The van der Waals surface area contributed by atoms with Gasteiger partial charge in [0.05, 0.1) is 5.51 Å². The van der Waals surface area contributed by atoms with Crippen LogP contribution in [0.15, 0.2) is 133 Å². The number of benzene rings is 1. The number of thiazole rings is 1. The molecule has 0 saturated heterocycles. The summed E-state index contributed by atoms with van der Waals surface area (Å²) in [5.41, 5.74) is 7.10. The number of nitrogens with zero attached hydrogens (tertiary/aromatic N) is 4. The van der Waals surface area contributed by atoms with E-state index in [1.807, 2.05) is 173 Å². The van der Waals surface area contributed by atoms with Gasteiger partial charge in [-0.1, -0.05) is 222 Å². The maximum Gasteiger partial charge on any atom is 0.0794 e. The summed E-state index contributed by atoms with van der Waals surface area (Å²) in [4.78, 5) is 18.9. The third-order valence-electron chi connectivity index (χ3n) is 7.60. The Hall–Kier alpha value is -4.00. The molecule has 5 heterocycles. The zero-order chi connectivity index (χ0) is 50.7. The first-order chi connectivity index (χ1) is 30.8. The fourth-order valence-electron chi connectivity index (χ4n) is 4.15. The van der Waals surface area contributed by atoms with Gasteiger partial charge >= 0.3 is 0 Å². The van der Waals surface area contributed by atoms with E-state index in [-0.39, 0.29) is 7.43 Å². The van der Waals surface area contributed by atoms with E-state index in [4.69, 9.17) is 0 Å². The van der Waals surface area contributed by atoms with Gasteiger partial charge < -0.3 is 0 Å². The Bertz CT molecular complexity index is 1390. The highest BCUT2D eigenvalue weighted by atomic mass is 32.1. The standard InChI is InChI=1S/C9H12.3C8H11N.C7H10S.C6H9NS.6C2H6.CH4/c1-8(2)9-6-4-3-5-7-9;1-7(2)8-3-5-9-6-4-8;1-7(2)8-4-3-5-9-6-8;1-7(2)8-5-3-4-6-9-8;1-6(2)7-4-3-5-8-7;1-5(2)6-3-7-4-8-6;6*1-2;/h3-8H,1-2H3;3*3-7H,1-2H3;3-6H,1-2H3;3-5H,1-2H3;6*1-2H3;1H4. The first-order valence-corrected chi connectivity index (χ1v) is 26.3. The fourth-order valence-corrected chi connectivity index (χ4v) is 5.53.